The third-order valence-electron chi connectivity index (χ3n) is 4.58. The Morgan fingerprint density at radius 3 is 2.57 bits per heavy atom. The van der Waals surface area contributed by atoms with Crippen molar-refractivity contribution >= 4 is 22.8 Å². The van der Waals surface area contributed by atoms with E-state index in [0.29, 0.717) is 12.2 Å². The van der Waals surface area contributed by atoms with Crippen LogP contribution in [0.2, 0.25) is 0 Å². The highest BCUT2D eigenvalue weighted by molar-refractivity contribution is 8.93. The largest absolute Gasteiger partial charge is 0.497 e. The first kappa shape index (κ1) is 18.2. The van der Waals surface area contributed by atoms with Gasteiger partial charge in [0, 0.05) is 6.42 Å². The first-order chi connectivity index (χ1) is 9.53. The Labute approximate surface area is 138 Å². The third-order valence-corrected chi connectivity index (χ3v) is 4.58. The van der Waals surface area contributed by atoms with E-state index in [1.807, 2.05) is 6.07 Å². The Morgan fingerprint density at radius 2 is 2.00 bits per heavy atom. The van der Waals surface area contributed by atoms with Gasteiger partial charge in [-0.25, -0.2) is 0 Å². The van der Waals surface area contributed by atoms with Crippen LogP contribution >= 0.6 is 17.0 Å². The molecule has 0 fully saturated rings. The van der Waals surface area contributed by atoms with Gasteiger partial charge in [0.25, 0.3) is 0 Å². The van der Waals surface area contributed by atoms with Crippen LogP contribution in [-0.4, -0.2) is 38.4 Å². The molecule has 21 heavy (non-hydrogen) atoms. The van der Waals surface area contributed by atoms with Gasteiger partial charge in [-0.1, -0.05) is 13.0 Å². The zero-order valence-electron chi connectivity index (χ0n) is 13.4. The lowest BCUT2D eigenvalue weighted by Gasteiger charge is -2.38. The van der Waals surface area contributed by atoms with Gasteiger partial charge in [-0.2, -0.15) is 0 Å². The molecule has 0 saturated heterocycles. The minimum Gasteiger partial charge on any atom is -0.497 e. The lowest BCUT2D eigenvalue weighted by Crippen LogP contribution is -2.41. The number of fused-ring (bicyclic) bond motifs is 1. The molecule has 1 aliphatic rings. The topological polar surface area (TPSA) is 29.5 Å². The van der Waals surface area contributed by atoms with Crippen LogP contribution < -0.4 is 4.74 Å². The summed E-state index contributed by atoms with van der Waals surface area (Å²) >= 11 is 0. The van der Waals surface area contributed by atoms with Crippen LogP contribution in [0.25, 0.3) is 0 Å². The average molecular weight is 356 g/mol. The molecule has 0 spiro atoms. The molecule has 1 unspecified atom stereocenters. The van der Waals surface area contributed by atoms with Crippen molar-refractivity contribution in [2.24, 2.45) is 0 Å². The molecule has 1 aromatic rings. The number of rotatable bonds is 5. The monoisotopic (exact) mass is 355 g/mol. The zero-order chi connectivity index (χ0) is 14.8. The first-order valence-electron chi connectivity index (χ1n) is 7.39. The number of ketones is 1. The molecule has 118 valence electrons. The Balaban J connectivity index is 0.00000220. The van der Waals surface area contributed by atoms with E-state index in [4.69, 9.17) is 4.74 Å². The number of benzene rings is 1. The zero-order valence-corrected chi connectivity index (χ0v) is 15.2. The number of hydrogen-bond acceptors (Lipinski definition) is 3. The van der Waals surface area contributed by atoms with Gasteiger partial charge in [0.2, 0.25) is 0 Å². The van der Waals surface area contributed by atoms with Gasteiger partial charge in [-0.05, 0) is 63.2 Å². The molecule has 0 amide bonds. The van der Waals surface area contributed by atoms with E-state index >= 15 is 0 Å². The van der Waals surface area contributed by atoms with E-state index in [9.17, 15) is 4.79 Å². The smallest absolute Gasteiger partial charge is 0.143 e. The number of halogens is 1. The number of carbonyl (C=O) groups is 1. The van der Waals surface area contributed by atoms with Gasteiger partial charge < -0.3 is 9.64 Å². The summed E-state index contributed by atoms with van der Waals surface area (Å²) in [6.45, 7) is 3.05. The summed E-state index contributed by atoms with van der Waals surface area (Å²) in [5.74, 6) is 1.24. The minimum absolute atomic E-state index is 0. The van der Waals surface area contributed by atoms with Crippen LogP contribution in [0.5, 0.6) is 5.75 Å². The predicted octanol–water partition coefficient (Wildman–Crippen LogP) is 3.39. The van der Waals surface area contributed by atoms with Gasteiger partial charge in [0.05, 0.1) is 12.5 Å². The molecule has 0 aromatic heterocycles. The van der Waals surface area contributed by atoms with E-state index in [0.717, 1.165) is 31.6 Å². The molecular weight excluding hydrogens is 330 g/mol. The predicted molar refractivity (Wildman–Crippen MR) is 91.8 cm³/mol. The molecule has 1 aliphatic carbocycles. The van der Waals surface area contributed by atoms with Crippen LogP contribution in [0.1, 0.15) is 37.3 Å². The van der Waals surface area contributed by atoms with Crippen molar-refractivity contribution in [1.82, 2.24) is 4.90 Å². The molecule has 0 saturated carbocycles. The summed E-state index contributed by atoms with van der Waals surface area (Å²) in [5.41, 5.74) is 2.18. The van der Waals surface area contributed by atoms with E-state index in [2.05, 4.69) is 38.1 Å². The average Bonchev–Trinajstić information content (AvgIpc) is 2.46. The highest BCUT2D eigenvalue weighted by Crippen LogP contribution is 2.41. The second kappa shape index (κ2) is 7.41. The van der Waals surface area contributed by atoms with Crippen molar-refractivity contribution in [1.29, 1.82) is 0 Å². The number of carbonyl (C=O) groups excluding carboxylic acids is 1. The molecule has 0 radical (unpaired) electrons. The van der Waals surface area contributed by atoms with E-state index in [1.54, 1.807) is 7.11 Å². The summed E-state index contributed by atoms with van der Waals surface area (Å²) in [5, 5.41) is 0. The Hall–Kier alpha value is -0.870. The van der Waals surface area contributed by atoms with Crippen LogP contribution in [0.3, 0.4) is 0 Å². The Morgan fingerprint density at radius 1 is 1.29 bits per heavy atom. The lowest BCUT2D eigenvalue weighted by atomic mass is 9.65. The van der Waals surface area contributed by atoms with Crippen LogP contribution in [0, 0.1) is 0 Å². The molecule has 1 atom stereocenters. The van der Waals surface area contributed by atoms with Gasteiger partial charge in [0.1, 0.15) is 11.5 Å². The highest BCUT2D eigenvalue weighted by Gasteiger charge is 2.41. The Bertz CT molecular complexity index is 502. The molecule has 0 aliphatic heterocycles. The highest BCUT2D eigenvalue weighted by atomic mass is 79.9. The Kier molecular flexibility index (Phi) is 6.41. The molecule has 0 bridgehead atoms. The molecule has 3 nitrogen and oxygen atoms in total. The SMILES string of the molecule is Br.CCC1(CCN(C)C)C(=O)CCc2ccc(OC)cc21. The summed E-state index contributed by atoms with van der Waals surface area (Å²) in [6.07, 6.45) is 3.28. The van der Waals surface area contributed by atoms with Gasteiger partial charge in [-0.15, -0.1) is 17.0 Å². The van der Waals surface area contributed by atoms with Crippen molar-refractivity contribution in [2.45, 2.75) is 38.0 Å². The third kappa shape index (κ3) is 3.49. The minimum atomic E-state index is -0.327. The molecule has 0 heterocycles. The van der Waals surface area contributed by atoms with Crippen molar-refractivity contribution in [3.63, 3.8) is 0 Å². The summed E-state index contributed by atoms with van der Waals surface area (Å²) in [6, 6.07) is 6.20. The van der Waals surface area contributed by atoms with Gasteiger partial charge in [0.15, 0.2) is 0 Å². The summed E-state index contributed by atoms with van der Waals surface area (Å²) in [4.78, 5) is 14.8. The van der Waals surface area contributed by atoms with Crippen molar-refractivity contribution < 1.29 is 9.53 Å². The maximum atomic E-state index is 12.7. The van der Waals surface area contributed by atoms with E-state index in [-0.39, 0.29) is 22.4 Å². The number of nitrogens with zero attached hydrogens (tertiary/aromatic N) is 1. The standard InChI is InChI=1S/C17H25NO2.BrH/c1-5-17(10-11-18(2)3)15-12-14(20-4)8-6-13(15)7-9-16(17)19;/h6,8,12H,5,7,9-11H2,1-4H3;1H. The lowest BCUT2D eigenvalue weighted by molar-refractivity contribution is -0.125. The first-order valence-corrected chi connectivity index (χ1v) is 7.39. The van der Waals surface area contributed by atoms with Crippen LogP contribution in [-0.2, 0) is 16.6 Å². The second-order valence-corrected chi connectivity index (χ2v) is 5.94. The molecule has 2 rings (SSSR count). The number of ether oxygens (including phenoxy) is 1. The number of aryl methyl sites for hydroxylation is 1. The maximum absolute atomic E-state index is 12.7. The quantitative estimate of drug-likeness (QED) is 0.810. The van der Waals surface area contributed by atoms with Crippen LogP contribution in [0.4, 0.5) is 0 Å². The molecule has 4 heteroatoms. The van der Waals surface area contributed by atoms with Gasteiger partial charge in [-0.3, -0.25) is 4.79 Å². The summed E-state index contributed by atoms with van der Waals surface area (Å²) < 4.78 is 5.36. The van der Waals surface area contributed by atoms with E-state index in [1.165, 1.54) is 11.1 Å². The van der Waals surface area contributed by atoms with Crippen LogP contribution in [0.15, 0.2) is 18.2 Å². The fourth-order valence-electron chi connectivity index (χ4n) is 3.24. The fraction of sp³-hybridized carbons (Fsp3) is 0.588. The summed E-state index contributed by atoms with van der Waals surface area (Å²) in [7, 11) is 5.80. The van der Waals surface area contributed by atoms with Crippen molar-refractivity contribution in [3.8, 4) is 5.75 Å². The molecule has 0 N–H and O–H groups in total. The van der Waals surface area contributed by atoms with Crippen molar-refractivity contribution in [2.75, 3.05) is 27.7 Å². The fourth-order valence-corrected chi connectivity index (χ4v) is 3.24. The van der Waals surface area contributed by atoms with Crippen molar-refractivity contribution in [3.05, 3.63) is 29.3 Å². The number of methoxy groups -OCH3 is 1. The van der Waals surface area contributed by atoms with E-state index < -0.39 is 0 Å². The number of Topliss-reactive ketones (excluding diaryl/α,β-unsaturated/α-hetero) is 1. The maximum Gasteiger partial charge on any atom is 0.143 e. The van der Waals surface area contributed by atoms with Gasteiger partial charge >= 0.3 is 0 Å². The normalized spacial score (nSPS) is 20.9. The molecule has 1 aromatic carbocycles. The molecular formula is C17H26BrNO2. The number of hydrogen-bond donors (Lipinski definition) is 0. The second-order valence-electron chi connectivity index (χ2n) is 5.94.